The predicted octanol–water partition coefficient (Wildman–Crippen LogP) is 1.13. The monoisotopic (exact) mass is 372 g/mol. The van der Waals surface area contributed by atoms with Crippen LogP contribution in [0.2, 0.25) is 0 Å². The number of fused-ring (bicyclic) bond motifs is 1. The summed E-state index contributed by atoms with van der Waals surface area (Å²) in [5, 5.41) is 4.70. The van der Waals surface area contributed by atoms with Crippen LogP contribution < -0.4 is 10.6 Å². The molecule has 2 heterocycles. The van der Waals surface area contributed by atoms with Crippen LogP contribution in [0.4, 0.5) is 4.79 Å². The van der Waals surface area contributed by atoms with Crippen molar-refractivity contribution >= 4 is 17.8 Å². The van der Waals surface area contributed by atoms with Gasteiger partial charge in [-0.3, -0.25) is 19.8 Å². The van der Waals surface area contributed by atoms with Gasteiger partial charge in [-0.15, -0.1) is 0 Å². The van der Waals surface area contributed by atoms with E-state index >= 15 is 0 Å². The molecular formula is C20H28N4O3. The molecule has 2 N–H and O–H groups in total. The zero-order chi connectivity index (χ0) is 19.4. The number of rotatable bonds is 3. The van der Waals surface area contributed by atoms with Gasteiger partial charge >= 0.3 is 6.03 Å². The fourth-order valence-electron chi connectivity index (χ4n) is 3.92. The quantitative estimate of drug-likeness (QED) is 0.833. The molecule has 2 aliphatic rings. The van der Waals surface area contributed by atoms with Crippen LogP contribution in [0, 0.1) is 5.92 Å². The lowest BCUT2D eigenvalue weighted by molar-refractivity contribution is -0.138. The fourth-order valence-corrected chi connectivity index (χ4v) is 3.92. The number of amides is 4. The molecule has 27 heavy (non-hydrogen) atoms. The molecule has 1 fully saturated rings. The van der Waals surface area contributed by atoms with Gasteiger partial charge in [-0.25, -0.2) is 4.79 Å². The van der Waals surface area contributed by atoms with Crippen LogP contribution in [0.3, 0.4) is 0 Å². The number of hydrogen-bond acceptors (Lipinski definition) is 4. The van der Waals surface area contributed by atoms with Crippen molar-refractivity contribution in [2.75, 3.05) is 26.7 Å². The number of piperidine rings is 1. The van der Waals surface area contributed by atoms with E-state index in [-0.39, 0.29) is 23.8 Å². The summed E-state index contributed by atoms with van der Waals surface area (Å²) in [5.74, 6) is -0.0703. The Kier molecular flexibility index (Phi) is 6.11. The second-order valence-corrected chi connectivity index (χ2v) is 7.33. The summed E-state index contributed by atoms with van der Waals surface area (Å²) >= 11 is 0. The van der Waals surface area contributed by atoms with Gasteiger partial charge in [0, 0.05) is 26.1 Å². The van der Waals surface area contributed by atoms with E-state index in [0.717, 1.165) is 25.8 Å². The Balaban J connectivity index is 1.51. The average Bonchev–Trinajstić information content (AvgIpc) is 2.72. The summed E-state index contributed by atoms with van der Waals surface area (Å²) < 4.78 is 0. The highest BCUT2D eigenvalue weighted by Gasteiger charge is 2.33. The maximum Gasteiger partial charge on any atom is 0.321 e. The molecule has 4 amide bonds. The molecule has 1 aromatic carbocycles. The van der Waals surface area contributed by atoms with Crippen LogP contribution in [0.15, 0.2) is 24.3 Å². The van der Waals surface area contributed by atoms with Crippen molar-refractivity contribution in [1.82, 2.24) is 20.4 Å². The third-order valence-electron chi connectivity index (χ3n) is 5.71. The fraction of sp³-hybridized carbons (Fsp3) is 0.550. The molecule has 7 heteroatoms. The van der Waals surface area contributed by atoms with Gasteiger partial charge in [0.05, 0.1) is 6.04 Å². The first-order valence-electron chi connectivity index (χ1n) is 9.61. The van der Waals surface area contributed by atoms with Crippen LogP contribution in [0.5, 0.6) is 0 Å². The number of hydrogen-bond donors (Lipinski definition) is 2. The van der Waals surface area contributed by atoms with Crippen molar-refractivity contribution < 1.29 is 14.4 Å². The first kappa shape index (κ1) is 19.4. The average molecular weight is 372 g/mol. The number of imide groups is 1. The van der Waals surface area contributed by atoms with Gasteiger partial charge in [-0.2, -0.15) is 0 Å². The summed E-state index contributed by atoms with van der Waals surface area (Å²) in [6.07, 6.45) is 2.40. The molecule has 1 saturated heterocycles. The molecule has 1 atom stereocenters. The minimum atomic E-state index is -0.498. The Morgan fingerprint density at radius 3 is 2.41 bits per heavy atom. The van der Waals surface area contributed by atoms with Crippen LogP contribution in [-0.2, 0) is 22.6 Å². The Morgan fingerprint density at radius 1 is 1.07 bits per heavy atom. The van der Waals surface area contributed by atoms with Gasteiger partial charge in [0.1, 0.15) is 0 Å². The van der Waals surface area contributed by atoms with Crippen molar-refractivity contribution in [1.29, 1.82) is 0 Å². The molecule has 3 rings (SSSR count). The van der Waals surface area contributed by atoms with Crippen molar-refractivity contribution in [3.63, 3.8) is 0 Å². The highest BCUT2D eigenvalue weighted by atomic mass is 16.2. The van der Waals surface area contributed by atoms with Crippen LogP contribution >= 0.6 is 0 Å². The molecule has 2 aliphatic heterocycles. The molecule has 7 nitrogen and oxygen atoms in total. The Morgan fingerprint density at radius 2 is 1.74 bits per heavy atom. The SMILES string of the molecule is CNC(=O)NC(=O)[C@H](C)N1CCC(C(=O)N2CCc3ccccc3C2)CC1. The molecule has 0 unspecified atom stereocenters. The lowest BCUT2D eigenvalue weighted by Crippen LogP contribution is -2.52. The van der Waals surface area contributed by atoms with Gasteiger partial charge in [0.2, 0.25) is 11.8 Å². The number of nitrogens with one attached hydrogen (secondary N) is 2. The number of benzene rings is 1. The Bertz CT molecular complexity index is 713. The standard InChI is InChI=1S/C20H28N4O3/c1-14(18(25)22-20(27)21-2)23-10-8-16(9-11-23)19(26)24-12-7-15-5-3-4-6-17(15)13-24/h3-6,14,16H,7-13H2,1-2H3,(H2,21,22,25,27)/t14-/m0/s1. The van der Waals surface area contributed by atoms with Crippen molar-refractivity contribution in [3.8, 4) is 0 Å². The van der Waals surface area contributed by atoms with Crippen molar-refractivity contribution in [2.24, 2.45) is 5.92 Å². The molecule has 0 spiro atoms. The maximum atomic E-state index is 12.9. The van der Waals surface area contributed by atoms with Crippen LogP contribution in [-0.4, -0.2) is 60.4 Å². The Hall–Kier alpha value is -2.41. The third kappa shape index (κ3) is 4.47. The molecule has 1 aromatic rings. The minimum Gasteiger partial charge on any atom is -0.341 e. The maximum absolute atomic E-state index is 12.9. The topological polar surface area (TPSA) is 81.8 Å². The molecule has 0 aliphatic carbocycles. The van der Waals surface area contributed by atoms with Gasteiger partial charge < -0.3 is 10.2 Å². The highest BCUT2D eigenvalue weighted by molar-refractivity contribution is 5.96. The molecule has 146 valence electrons. The number of carbonyl (C=O) groups is 3. The van der Waals surface area contributed by atoms with E-state index in [9.17, 15) is 14.4 Å². The predicted molar refractivity (Wildman–Crippen MR) is 102 cm³/mol. The summed E-state index contributed by atoms with van der Waals surface area (Å²) in [6.45, 7) is 4.63. The molecule has 0 saturated carbocycles. The minimum absolute atomic E-state index is 0.0145. The lowest BCUT2D eigenvalue weighted by Gasteiger charge is -2.37. The van der Waals surface area contributed by atoms with Crippen LogP contribution in [0.1, 0.15) is 30.9 Å². The smallest absolute Gasteiger partial charge is 0.321 e. The zero-order valence-corrected chi connectivity index (χ0v) is 16.0. The van der Waals surface area contributed by atoms with E-state index in [2.05, 4.69) is 22.8 Å². The first-order chi connectivity index (χ1) is 13.0. The molecule has 0 aromatic heterocycles. The van der Waals surface area contributed by atoms with Crippen molar-refractivity contribution in [3.05, 3.63) is 35.4 Å². The van der Waals surface area contributed by atoms with Crippen LogP contribution in [0.25, 0.3) is 0 Å². The summed E-state index contributed by atoms with van der Waals surface area (Å²) in [6, 6.07) is 7.43. The van der Waals surface area contributed by atoms with Gasteiger partial charge in [0.25, 0.3) is 0 Å². The third-order valence-corrected chi connectivity index (χ3v) is 5.71. The second kappa shape index (κ2) is 8.52. The van der Waals surface area contributed by atoms with Crippen molar-refractivity contribution in [2.45, 2.75) is 38.8 Å². The number of likely N-dealkylation sites (tertiary alicyclic amines) is 1. The van der Waals surface area contributed by atoms with Gasteiger partial charge in [-0.1, -0.05) is 24.3 Å². The van der Waals surface area contributed by atoms with E-state index in [0.29, 0.717) is 19.6 Å². The number of nitrogens with zero attached hydrogens (tertiary/aromatic N) is 2. The number of urea groups is 1. The molecular weight excluding hydrogens is 344 g/mol. The first-order valence-corrected chi connectivity index (χ1v) is 9.61. The van der Waals surface area contributed by atoms with E-state index < -0.39 is 6.03 Å². The lowest BCUT2D eigenvalue weighted by atomic mass is 9.92. The van der Waals surface area contributed by atoms with Gasteiger partial charge in [-0.05, 0) is 50.4 Å². The van der Waals surface area contributed by atoms with Gasteiger partial charge in [0.15, 0.2) is 0 Å². The highest BCUT2D eigenvalue weighted by Crippen LogP contribution is 2.25. The van der Waals surface area contributed by atoms with E-state index in [4.69, 9.17) is 0 Å². The normalized spacial score (nSPS) is 19.1. The number of carbonyl (C=O) groups excluding carboxylic acids is 3. The Labute approximate surface area is 160 Å². The second-order valence-electron chi connectivity index (χ2n) is 7.33. The van der Waals surface area contributed by atoms with E-state index in [1.54, 1.807) is 6.92 Å². The summed E-state index contributed by atoms with van der Waals surface area (Å²) in [7, 11) is 1.48. The zero-order valence-electron chi connectivity index (χ0n) is 16.0. The van der Waals surface area contributed by atoms with E-state index in [1.807, 2.05) is 21.9 Å². The largest absolute Gasteiger partial charge is 0.341 e. The molecule has 0 radical (unpaired) electrons. The summed E-state index contributed by atoms with van der Waals surface area (Å²) in [4.78, 5) is 40.3. The van der Waals surface area contributed by atoms with E-state index in [1.165, 1.54) is 18.2 Å². The summed E-state index contributed by atoms with van der Waals surface area (Å²) in [5.41, 5.74) is 2.58. The molecule has 0 bridgehead atoms.